The van der Waals surface area contributed by atoms with Crippen LogP contribution in [0.3, 0.4) is 0 Å². The summed E-state index contributed by atoms with van der Waals surface area (Å²) in [6.07, 6.45) is 8.31. The number of ether oxygens (including phenoxy) is 3. The predicted octanol–water partition coefficient (Wildman–Crippen LogP) is 3.62. The zero-order valence-corrected chi connectivity index (χ0v) is 24.8. The maximum absolute atomic E-state index is 12.5. The topological polar surface area (TPSA) is 138 Å². The molecule has 224 valence electrons. The van der Waals surface area contributed by atoms with Crippen molar-refractivity contribution >= 4 is 11.9 Å². The molecule has 9 heteroatoms. The van der Waals surface area contributed by atoms with Crippen LogP contribution in [0.1, 0.15) is 80.1 Å². The molecule has 2 heterocycles. The standard InChI is InChI=1S/C30H51NO8/c1-18(17-30(6)28(39-30)21(4)27(37-7)22(5)33)10-8-11-19(2)26-20(3)13-14-23(38-26)16-25(34)31-24(29(35)36)12-9-15-32/h8,10-11,18,20-24,26-28,32-33H,9,12-17H2,1-7H3,(H,31,34)(H,35,36)/b10-8+,19-11+/t18-,20+,21-,22-,23-,24+,26-,27-,28-,30+/m1/s1. The SMILES string of the molecule is CO[C@H]([C@@H](C)[C@H]1O[C@@]1(C)C[C@H](C)/C=C/C=C(\C)[C@H]1O[C@@H](CC(=O)N[C@@H](CCCO)C(=O)O)CC[C@@H]1C)[C@@H](C)O. The number of hydrogen-bond donors (Lipinski definition) is 4. The number of aliphatic carboxylic acids is 1. The monoisotopic (exact) mass is 553 g/mol. The van der Waals surface area contributed by atoms with E-state index >= 15 is 0 Å². The van der Waals surface area contributed by atoms with Gasteiger partial charge in [-0.3, -0.25) is 4.79 Å². The Morgan fingerprint density at radius 1 is 1.23 bits per heavy atom. The lowest BCUT2D eigenvalue weighted by Gasteiger charge is -2.35. The Balaban J connectivity index is 1.89. The normalized spacial score (nSPS) is 31.4. The molecule has 10 atom stereocenters. The molecule has 0 aromatic carbocycles. The molecule has 0 saturated carbocycles. The third-order valence-electron chi connectivity index (χ3n) is 8.16. The molecular formula is C30H51NO8. The van der Waals surface area contributed by atoms with Gasteiger partial charge in [0.25, 0.3) is 0 Å². The zero-order chi connectivity index (χ0) is 29.3. The lowest BCUT2D eigenvalue weighted by molar-refractivity contribution is -0.143. The largest absolute Gasteiger partial charge is 0.480 e. The van der Waals surface area contributed by atoms with Crippen molar-refractivity contribution in [2.24, 2.45) is 17.8 Å². The number of carbonyl (C=O) groups is 2. The molecular weight excluding hydrogens is 502 g/mol. The van der Waals surface area contributed by atoms with Crippen molar-refractivity contribution in [3.8, 4) is 0 Å². The van der Waals surface area contributed by atoms with Gasteiger partial charge in [0.05, 0.1) is 42.5 Å². The highest BCUT2D eigenvalue weighted by Gasteiger charge is 2.56. The number of carbonyl (C=O) groups excluding carboxylic acids is 1. The highest BCUT2D eigenvalue weighted by Crippen LogP contribution is 2.47. The van der Waals surface area contributed by atoms with Gasteiger partial charge in [-0.05, 0) is 70.3 Å². The van der Waals surface area contributed by atoms with Crippen molar-refractivity contribution in [3.63, 3.8) is 0 Å². The van der Waals surface area contributed by atoms with E-state index in [0.29, 0.717) is 12.3 Å². The second-order valence-corrected chi connectivity index (χ2v) is 11.9. The third-order valence-corrected chi connectivity index (χ3v) is 8.16. The summed E-state index contributed by atoms with van der Waals surface area (Å²) < 4.78 is 17.8. The molecule has 9 nitrogen and oxygen atoms in total. The van der Waals surface area contributed by atoms with Crippen LogP contribution in [0.2, 0.25) is 0 Å². The smallest absolute Gasteiger partial charge is 0.326 e. The minimum absolute atomic E-state index is 0.0521. The van der Waals surface area contributed by atoms with Crippen LogP contribution in [-0.4, -0.2) is 83.1 Å². The van der Waals surface area contributed by atoms with Crippen LogP contribution in [0.5, 0.6) is 0 Å². The molecule has 0 spiro atoms. The average molecular weight is 554 g/mol. The van der Waals surface area contributed by atoms with E-state index < -0.39 is 18.1 Å². The number of aliphatic hydroxyl groups is 2. The van der Waals surface area contributed by atoms with Gasteiger partial charge in [-0.25, -0.2) is 4.79 Å². The molecule has 2 saturated heterocycles. The summed E-state index contributed by atoms with van der Waals surface area (Å²) in [5.74, 6) is -0.750. The van der Waals surface area contributed by atoms with E-state index in [4.69, 9.17) is 19.3 Å². The molecule has 2 fully saturated rings. The Labute approximate surface area is 234 Å². The van der Waals surface area contributed by atoms with Crippen LogP contribution in [0.15, 0.2) is 23.8 Å². The molecule has 0 unspecified atom stereocenters. The Bertz CT molecular complexity index is 858. The summed E-state index contributed by atoms with van der Waals surface area (Å²) in [6, 6.07) is -1.00. The number of carboxylic acids is 1. The first-order valence-corrected chi connectivity index (χ1v) is 14.3. The van der Waals surface area contributed by atoms with Crippen molar-refractivity contribution in [1.82, 2.24) is 5.32 Å². The number of nitrogens with one attached hydrogen (secondary N) is 1. The maximum Gasteiger partial charge on any atom is 0.326 e. The number of rotatable bonds is 16. The fourth-order valence-corrected chi connectivity index (χ4v) is 6.03. The van der Waals surface area contributed by atoms with Crippen molar-refractivity contribution in [2.45, 2.75) is 122 Å². The Hall–Kier alpha value is -1.78. The van der Waals surface area contributed by atoms with E-state index in [9.17, 15) is 19.8 Å². The molecule has 0 bridgehead atoms. The fourth-order valence-electron chi connectivity index (χ4n) is 6.03. The second-order valence-electron chi connectivity index (χ2n) is 11.9. The van der Waals surface area contributed by atoms with Crippen LogP contribution in [0.25, 0.3) is 0 Å². The van der Waals surface area contributed by atoms with Gasteiger partial charge >= 0.3 is 5.97 Å². The van der Waals surface area contributed by atoms with Gasteiger partial charge in [0, 0.05) is 19.6 Å². The molecule has 2 aliphatic heterocycles. The summed E-state index contributed by atoms with van der Waals surface area (Å²) in [7, 11) is 1.62. The number of aliphatic hydroxyl groups excluding tert-OH is 2. The van der Waals surface area contributed by atoms with Crippen molar-refractivity contribution < 1.29 is 39.1 Å². The Morgan fingerprint density at radius 3 is 2.51 bits per heavy atom. The van der Waals surface area contributed by atoms with Gasteiger partial charge in [0.2, 0.25) is 5.91 Å². The lowest BCUT2D eigenvalue weighted by Crippen LogP contribution is -2.43. The van der Waals surface area contributed by atoms with E-state index in [1.54, 1.807) is 14.0 Å². The molecule has 1 amide bonds. The van der Waals surface area contributed by atoms with Crippen LogP contribution >= 0.6 is 0 Å². The first-order valence-electron chi connectivity index (χ1n) is 14.3. The summed E-state index contributed by atoms with van der Waals surface area (Å²) in [6.45, 7) is 12.2. The highest BCUT2D eigenvalue weighted by molar-refractivity contribution is 5.83. The number of hydrogen-bond acceptors (Lipinski definition) is 7. The van der Waals surface area contributed by atoms with Crippen LogP contribution < -0.4 is 5.32 Å². The van der Waals surface area contributed by atoms with E-state index in [1.165, 1.54) is 0 Å². The minimum atomic E-state index is -1.10. The van der Waals surface area contributed by atoms with E-state index in [0.717, 1.165) is 24.8 Å². The lowest BCUT2D eigenvalue weighted by atomic mass is 9.85. The number of allylic oxidation sites excluding steroid dienone is 3. The maximum atomic E-state index is 12.5. The fraction of sp³-hybridized carbons (Fsp3) is 0.800. The van der Waals surface area contributed by atoms with Crippen LogP contribution in [0.4, 0.5) is 0 Å². The highest BCUT2D eigenvalue weighted by atomic mass is 16.6. The van der Waals surface area contributed by atoms with E-state index in [1.807, 2.05) is 6.92 Å². The summed E-state index contributed by atoms with van der Waals surface area (Å²) >= 11 is 0. The quantitative estimate of drug-likeness (QED) is 0.168. The molecule has 2 aliphatic rings. The molecule has 39 heavy (non-hydrogen) atoms. The summed E-state index contributed by atoms with van der Waals surface area (Å²) in [5, 5.41) is 30.8. The minimum Gasteiger partial charge on any atom is -0.480 e. The summed E-state index contributed by atoms with van der Waals surface area (Å²) in [4.78, 5) is 23.9. The molecule has 0 aromatic rings. The molecule has 2 rings (SSSR count). The predicted molar refractivity (Wildman–Crippen MR) is 149 cm³/mol. The first kappa shape index (κ1) is 33.4. The molecule has 0 aromatic heterocycles. The Morgan fingerprint density at radius 2 is 1.92 bits per heavy atom. The molecule has 0 aliphatic carbocycles. The van der Waals surface area contributed by atoms with E-state index in [2.05, 4.69) is 51.2 Å². The van der Waals surface area contributed by atoms with Crippen LogP contribution in [0, 0.1) is 17.8 Å². The van der Waals surface area contributed by atoms with Gasteiger partial charge in [0.1, 0.15) is 6.04 Å². The average Bonchev–Trinajstić information content (AvgIpc) is 3.52. The zero-order valence-electron chi connectivity index (χ0n) is 24.8. The van der Waals surface area contributed by atoms with Crippen molar-refractivity contribution in [3.05, 3.63) is 23.8 Å². The van der Waals surface area contributed by atoms with E-state index in [-0.39, 0.29) is 67.2 Å². The van der Waals surface area contributed by atoms with Gasteiger partial charge in [0.15, 0.2) is 0 Å². The van der Waals surface area contributed by atoms with Crippen molar-refractivity contribution in [2.75, 3.05) is 13.7 Å². The molecule has 0 radical (unpaired) electrons. The van der Waals surface area contributed by atoms with Gasteiger partial charge in [-0.2, -0.15) is 0 Å². The summed E-state index contributed by atoms with van der Waals surface area (Å²) in [5.41, 5.74) is 0.850. The third kappa shape index (κ3) is 9.97. The van der Waals surface area contributed by atoms with Gasteiger partial charge in [-0.1, -0.05) is 39.0 Å². The Kier molecular flexibility index (Phi) is 13.1. The number of carboxylic acid groups (broad SMARTS) is 1. The van der Waals surface area contributed by atoms with Gasteiger partial charge < -0.3 is 34.8 Å². The van der Waals surface area contributed by atoms with Crippen LogP contribution in [-0.2, 0) is 23.8 Å². The van der Waals surface area contributed by atoms with Crippen molar-refractivity contribution in [1.29, 1.82) is 0 Å². The number of amides is 1. The number of epoxide rings is 1. The van der Waals surface area contributed by atoms with Gasteiger partial charge in [-0.15, -0.1) is 0 Å². The number of methoxy groups -OCH3 is 1. The molecule has 4 N–H and O–H groups in total. The first-order chi connectivity index (χ1) is 18.3. The second kappa shape index (κ2) is 15.3.